The summed E-state index contributed by atoms with van der Waals surface area (Å²) in [6, 6.07) is 15.1. The van der Waals surface area contributed by atoms with Gasteiger partial charge in [0.05, 0.1) is 16.0 Å². The van der Waals surface area contributed by atoms with Crippen molar-refractivity contribution in [2.24, 2.45) is 0 Å². The van der Waals surface area contributed by atoms with Gasteiger partial charge in [0, 0.05) is 38.4 Å². The second-order valence-corrected chi connectivity index (χ2v) is 10.0. The second-order valence-electron chi connectivity index (χ2n) is 9.05. The van der Waals surface area contributed by atoms with Gasteiger partial charge in [0.25, 0.3) is 5.91 Å². The molecule has 0 N–H and O–H groups in total. The van der Waals surface area contributed by atoms with Crippen molar-refractivity contribution in [3.63, 3.8) is 0 Å². The van der Waals surface area contributed by atoms with Crippen LogP contribution in [-0.4, -0.2) is 48.6 Å². The molecule has 1 fully saturated rings. The highest BCUT2D eigenvalue weighted by molar-refractivity contribution is 7.20. The first-order valence-electron chi connectivity index (χ1n) is 12.0. The topological polar surface area (TPSA) is 52.6 Å². The fraction of sp³-hybridized carbons (Fsp3) is 0.296. The molecule has 0 atom stereocenters. The molecule has 2 aliphatic rings. The largest absolute Gasteiger partial charge is 0.366 e. The van der Waals surface area contributed by atoms with E-state index in [9.17, 15) is 9.18 Å². The van der Waals surface area contributed by atoms with Crippen LogP contribution in [0.25, 0.3) is 10.2 Å². The van der Waals surface area contributed by atoms with Crippen LogP contribution >= 0.6 is 11.3 Å². The Morgan fingerprint density at radius 3 is 2.43 bits per heavy atom. The summed E-state index contributed by atoms with van der Waals surface area (Å²) in [6.07, 6.45) is 3.55. The van der Waals surface area contributed by atoms with Gasteiger partial charge in [-0.2, -0.15) is 0 Å². The average molecular weight is 488 g/mol. The van der Waals surface area contributed by atoms with Gasteiger partial charge in [-0.3, -0.25) is 4.79 Å². The summed E-state index contributed by atoms with van der Waals surface area (Å²) in [5, 5.41) is 0.950. The van der Waals surface area contributed by atoms with Crippen LogP contribution in [0.3, 0.4) is 0 Å². The lowest BCUT2D eigenvalue weighted by molar-refractivity contribution is 0.0988. The summed E-state index contributed by atoms with van der Waals surface area (Å²) in [5.74, 6) is 0.699. The van der Waals surface area contributed by atoms with Crippen molar-refractivity contribution < 1.29 is 9.18 Å². The van der Waals surface area contributed by atoms with Crippen LogP contribution in [0.5, 0.6) is 0 Å². The molecule has 0 spiro atoms. The lowest BCUT2D eigenvalue weighted by Crippen LogP contribution is -2.47. The molecule has 0 aliphatic carbocycles. The highest BCUT2D eigenvalue weighted by Crippen LogP contribution is 2.38. The highest BCUT2D eigenvalue weighted by atomic mass is 32.1. The number of carbonyl (C=O) groups excluding carboxylic acids is 1. The molecule has 6 nitrogen and oxygen atoms in total. The number of fused-ring (bicyclic) bond motifs is 2. The van der Waals surface area contributed by atoms with Gasteiger partial charge in [-0.25, -0.2) is 14.4 Å². The molecule has 6 rings (SSSR count). The maximum atomic E-state index is 14.3. The van der Waals surface area contributed by atoms with Crippen molar-refractivity contribution in [1.29, 1.82) is 0 Å². The first-order chi connectivity index (χ1) is 17.1. The van der Waals surface area contributed by atoms with Gasteiger partial charge in [-0.1, -0.05) is 30.3 Å². The monoisotopic (exact) mass is 487 g/mol. The van der Waals surface area contributed by atoms with E-state index in [1.807, 2.05) is 42.2 Å². The molecule has 35 heavy (non-hydrogen) atoms. The van der Waals surface area contributed by atoms with Crippen LogP contribution in [0.15, 0.2) is 54.9 Å². The Labute approximate surface area is 207 Å². The summed E-state index contributed by atoms with van der Waals surface area (Å²) >= 11 is 1.45. The molecule has 0 bridgehead atoms. The number of thiophene rings is 1. The van der Waals surface area contributed by atoms with E-state index in [-0.39, 0.29) is 11.7 Å². The lowest BCUT2D eigenvalue weighted by Gasteiger charge is -2.37. The van der Waals surface area contributed by atoms with Gasteiger partial charge in [-0.15, -0.1) is 11.3 Å². The molecule has 2 aliphatic heterocycles. The number of aromatic nitrogens is 2. The number of halogens is 1. The van der Waals surface area contributed by atoms with Crippen LogP contribution in [0.4, 0.5) is 21.6 Å². The molecule has 0 unspecified atom stereocenters. The third kappa shape index (κ3) is 3.82. The lowest BCUT2D eigenvalue weighted by atomic mass is 10.0. The Kier molecular flexibility index (Phi) is 5.60. The summed E-state index contributed by atoms with van der Waals surface area (Å²) in [7, 11) is 0. The van der Waals surface area contributed by atoms with E-state index in [0.717, 1.165) is 64.6 Å². The average Bonchev–Trinajstić information content (AvgIpc) is 3.25. The molecule has 0 radical (unpaired) electrons. The standard InChI is InChI=1S/C27H26FN5OS/c1-18-23-25(32-15-13-31(14-16-32)22-11-5-3-9-20(22)28)29-17-30-26(23)35-24(18)27(34)33-12-6-8-19-7-2-4-10-21(19)33/h2-5,7,9-11,17H,6,8,12-16H2,1H3. The fourth-order valence-corrected chi connectivity index (χ4v) is 6.32. The fourth-order valence-electron chi connectivity index (χ4n) is 5.23. The van der Waals surface area contributed by atoms with Crippen LogP contribution in [0.1, 0.15) is 27.2 Å². The first-order valence-corrected chi connectivity index (χ1v) is 12.8. The number of aryl methyl sites for hydroxylation is 2. The van der Waals surface area contributed by atoms with Crippen molar-refractivity contribution in [1.82, 2.24) is 9.97 Å². The third-order valence-corrected chi connectivity index (χ3v) is 8.22. The van der Waals surface area contributed by atoms with E-state index >= 15 is 0 Å². The van der Waals surface area contributed by atoms with Crippen molar-refractivity contribution in [3.05, 3.63) is 76.7 Å². The number of amides is 1. The molecule has 1 amide bonds. The van der Waals surface area contributed by atoms with Crippen LogP contribution in [-0.2, 0) is 6.42 Å². The Hall–Kier alpha value is -3.52. The summed E-state index contributed by atoms with van der Waals surface area (Å²) in [4.78, 5) is 30.6. The predicted octanol–water partition coefficient (Wildman–Crippen LogP) is 5.06. The number of benzene rings is 2. The normalized spacial score (nSPS) is 16.0. The maximum absolute atomic E-state index is 14.3. The highest BCUT2D eigenvalue weighted by Gasteiger charge is 2.29. The predicted molar refractivity (Wildman–Crippen MR) is 139 cm³/mol. The van der Waals surface area contributed by atoms with Crippen LogP contribution in [0, 0.1) is 12.7 Å². The molecule has 2 aromatic heterocycles. The van der Waals surface area contributed by atoms with E-state index in [1.54, 1.807) is 12.4 Å². The minimum absolute atomic E-state index is 0.0352. The smallest absolute Gasteiger partial charge is 0.268 e. The SMILES string of the molecule is Cc1c(C(=O)N2CCCc3ccccc32)sc2ncnc(N3CCN(c4ccccc4F)CC3)c12. The van der Waals surface area contributed by atoms with Crippen molar-refractivity contribution in [3.8, 4) is 0 Å². The van der Waals surface area contributed by atoms with Crippen molar-refractivity contribution in [2.45, 2.75) is 19.8 Å². The molecule has 4 aromatic rings. The van der Waals surface area contributed by atoms with Gasteiger partial charge in [0.15, 0.2) is 0 Å². The second kappa shape index (κ2) is 8.92. The number of carbonyl (C=O) groups is 1. The Balaban J connectivity index is 1.29. The zero-order chi connectivity index (χ0) is 23.9. The maximum Gasteiger partial charge on any atom is 0.268 e. The first kappa shape index (κ1) is 22.0. The number of rotatable bonds is 3. The number of anilines is 3. The Bertz CT molecular complexity index is 1410. The third-order valence-electron chi connectivity index (χ3n) is 7.03. The Morgan fingerprint density at radius 2 is 1.63 bits per heavy atom. The number of para-hydroxylation sites is 2. The van der Waals surface area contributed by atoms with Gasteiger partial charge in [0.1, 0.15) is 22.8 Å². The van der Waals surface area contributed by atoms with E-state index in [2.05, 4.69) is 25.8 Å². The quantitative estimate of drug-likeness (QED) is 0.404. The van der Waals surface area contributed by atoms with Crippen LogP contribution in [0.2, 0.25) is 0 Å². The summed E-state index contributed by atoms with van der Waals surface area (Å²) < 4.78 is 14.3. The van der Waals surface area contributed by atoms with Gasteiger partial charge in [0.2, 0.25) is 0 Å². The number of hydrogen-bond acceptors (Lipinski definition) is 6. The number of nitrogens with zero attached hydrogens (tertiary/aromatic N) is 5. The molecular weight excluding hydrogens is 461 g/mol. The minimum Gasteiger partial charge on any atom is -0.366 e. The summed E-state index contributed by atoms with van der Waals surface area (Å²) in [6.45, 7) is 5.57. The molecule has 4 heterocycles. The van der Waals surface area contributed by atoms with E-state index in [1.165, 1.54) is 23.0 Å². The molecular formula is C27H26FN5OS. The number of hydrogen-bond donors (Lipinski definition) is 0. The summed E-state index contributed by atoms with van der Waals surface area (Å²) in [5.41, 5.74) is 3.81. The van der Waals surface area contributed by atoms with Crippen molar-refractivity contribution >= 4 is 44.7 Å². The Morgan fingerprint density at radius 1 is 0.914 bits per heavy atom. The zero-order valence-corrected chi connectivity index (χ0v) is 20.4. The van der Waals surface area contributed by atoms with Gasteiger partial charge in [-0.05, 0) is 49.1 Å². The van der Waals surface area contributed by atoms with Gasteiger partial charge < -0.3 is 14.7 Å². The molecule has 0 saturated carbocycles. The van der Waals surface area contributed by atoms with Gasteiger partial charge >= 0.3 is 0 Å². The molecule has 2 aromatic carbocycles. The molecule has 178 valence electrons. The molecule has 8 heteroatoms. The zero-order valence-electron chi connectivity index (χ0n) is 19.6. The van der Waals surface area contributed by atoms with E-state index in [0.29, 0.717) is 18.8 Å². The van der Waals surface area contributed by atoms with E-state index < -0.39 is 0 Å². The number of piperazine rings is 1. The van der Waals surface area contributed by atoms with E-state index in [4.69, 9.17) is 0 Å². The van der Waals surface area contributed by atoms with Crippen molar-refractivity contribution in [2.75, 3.05) is 47.4 Å². The molecule has 1 saturated heterocycles. The van der Waals surface area contributed by atoms with Crippen LogP contribution < -0.4 is 14.7 Å². The minimum atomic E-state index is -0.193.